The van der Waals surface area contributed by atoms with Crippen LogP contribution in [0.1, 0.15) is 12.5 Å². The Morgan fingerprint density at radius 3 is 2.87 bits per heavy atom. The van der Waals surface area contributed by atoms with Gasteiger partial charge in [0.25, 0.3) is 0 Å². The maximum absolute atomic E-state index is 12.8. The summed E-state index contributed by atoms with van der Waals surface area (Å²) in [7, 11) is 0. The molecule has 15 heavy (non-hydrogen) atoms. The zero-order chi connectivity index (χ0) is 11.4. The van der Waals surface area contributed by atoms with Crippen molar-refractivity contribution in [3.8, 4) is 0 Å². The van der Waals surface area contributed by atoms with E-state index in [1.807, 2.05) is 0 Å². The van der Waals surface area contributed by atoms with E-state index in [-0.39, 0.29) is 11.6 Å². The highest BCUT2D eigenvalue weighted by Crippen LogP contribution is 2.16. The van der Waals surface area contributed by atoms with Crippen molar-refractivity contribution < 1.29 is 19.0 Å². The molecule has 0 unspecified atom stereocenters. The number of hydrogen-bond acceptors (Lipinski definition) is 2. The summed E-state index contributed by atoms with van der Waals surface area (Å²) in [6.45, 7) is 1.51. The number of hydrogen-bond donors (Lipinski definition) is 1. The third kappa shape index (κ3) is 3.49. The number of carboxylic acids is 1. The van der Waals surface area contributed by atoms with Gasteiger partial charge in [-0.25, -0.2) is 9.18 Å². The maximum Gasteiger partial charge on any atom is 0.332 e. The zero-order valence-electron chi connectivity index (χ0n) is 8.04. The molecule has 1 aromatic carbocycles. The van der Waals surface area contributed by atoms with Crippen molar-refractivity contribution in [3.05, 3.63) is 34.6 Å². The van der Waals surface area contributed by atoms with Gasteiger partial charge in [-0.1, -0.05) is 17.7 Å². The molecule has 82 valence electrons. The molecule has 3 nitrogen and oxygen atoms in total. The highest BCUT2D eigenvalue weighted by molar-refractivity contribution is 6.30. The fourth-order valence-corrected chi connectivity index (χ4v) is 1.13. The molecule has 0 bridgehead atoms. The lowest BCUT2D eigenvalue weighted by molar-refractivity contribution is -0.149. The van der Waals surface area contributed by atoms with Gasteiger partial charge in [-0.15, -0.1) is 0 Å². The first-order chi connectivity index (χ1) is 7.00. The highest BCUT2D eigenvalue weighted by atomic mass is 35.5. The Labute approximate surface area is 91.4 Å². The molecule has 0 fully saturated rings. The fraction of sp³-hybridized carbons (Fsp3) is 0.300. The van der Waals surface area contributed by atoms with Crippen LogP contribution in [0.3, 0.4) is 0 Å². The van der Waals surface area contributed by atoms with Gasteiger partial charge in [0.15, 0.2) is 6.10 Å². The van der Waals surface area contributed by atoms with Gasteiger partial charge in [-0.05, 0) is 24.6 Å². The molecule has 0 saturated carbocycles. The van der Waals surface area contributed by atoms with Crippen molar-refractivity contribution in [3.63, 3.8) is 0 Å². The van der Waals surface area contributed by atoms with E-state index in [2.05, 4.69) is 0 Å². The first-order valence-electron chi connectivity index (χ1n) is 4.29. The predicted molar refractivity (Wildman–Crippen MR) is 53.3 cm³/mol. The molecule has 0 aromatic heterocycles. The molecule has 5 heteroatoms. The SMILES string of the molecule is C[C@@H](OCc1ccc(F)c(Cl)c1)C(=O)O. The summed E-state index contributed by atoms with van der Waals surface area (Å²) in [5.41, 5.74) is 0.634. The highest BCUT2D eigenvalue weighted by Gasteiger charge is 2.11. The standard InChI is InChI=1S/C10H10ClFO3/c1-6(10(13)14)15-5-7-2-3-9(12)8(11)4-7/h2-4,6H,5H2,1H3,(H,13,14)/t6-/m1/s1. The summed E-state index contributed by atoms with van der Waals surface area (Å²) < 4.78 is 17.8. The van der Waals surface area contributed by atoms with Crippen molar-refractivity contribution in [2.75, 3.05) is 0 Å². The molecular formula is C10H10ClFO3. The fourth-order valence-electron chi connectivity index (χ4n) is 0.922. The molecule has 0 saturated heterocycles. The summed E-state index contributed by atoms with van der Waals surface area (Å²) in [5.74, 6) is -1.55. The molecule has 0 radical (unpaired) electrons. The van der Waals surface area contributed by atoms with Gasteiger partial charge in [0.05, 0.1) is 11.6 Å². The van der Waals surface area contributed by atoms with E-state index in [0.717, 1.165) is 0 Å². The van der Waals surface area contributed by atoms with Crippen LogP contribution in [0.2, 0.25) is 5.02 Å². The lowest BCUT2D eigenvalue weighted by Crippen LogP contribution is -2.19. The smallest absolute Gasteiger partial charge is 0.332 e. The van der Waals surface area contributed by atoms with Crippen molar-refractivity contribution in [1.29, 1.82) is 0 Å². The third-order valence-corrected chi connectivity index (χ3v) is 2.12. The van der Waals surface area contributed by atoms with E-state index in [9.17, 15) is 9.18 Å². The Morgan fingerprint density at radius 1 is 1.67 bits per heavy atom. The van der Waals surface area contributed by atoms with Crippen molar-refractivity contribution in [2.45, 2.75) is 19.6 Å². The summed E-state index contributed by atoms with van der Waals surface area (Å²) in [5, 5.41) is 8.55. The quantitative estimate of drug-likeness (QED) is 0.868. The van der Waals surface area contributed by atoms with Gasteiger partial charge >= 0.3 is 5.97 Å². The topological polar surface area (TPSA) is 46.5 Å². The van der Waals surface area contributed by atoms with E-state index in [4.69, 9.17) is 21.4 Å². The van der Waals surface area contributed by atoms with Gasteiger partial charge in [-0.3, -0.25) is 0 Å². The van der Waals surface area contributed by atoms with Gasteiger partial charge < -0.3 is 9.84 Å². The first-order valence-corrected chi connectivity index (χ1v) is 4.67. The summed E-state index contributed by atoms with van der Waals surface area (Å²) >= 11 is 5.54. The third-order valence-electron chi connectivity index (χ3n) is 1.83. The first kappa shape index (κ1) is 11.9. The van der Waals surface area contributed by atoms with Crippen LogP contribution in [0, 0.1) is 5.82 Å². The molecule has 1 N–H and O–H groups in total. The average Bonchev–Trinajstić information content (AvgIpc) is 2.19. The molecule has 0 spiro atoms. The molecule has 1 atom stereocenters. The van der Waals surface area contributed by atoms with Crippen LogP contribution in [0.25, 0.3) is 0 Å². The van der Waals surface area contributed by atoms with Crippen LogP contribution in [-0.2, 0) is 16.1 Å². The van der Waals surface area contributed by atoms with E-state index in [0.29, 0.717) is 5.56 Å². The number of carboxylic acid groups (broad SMARTS) is 1. The van der Waals surface area contributed by atoms with Crippen LogP contribution < -0.4 is 0 Å². The molecule has 0 amide bonds. The van der Waals surface area contributed by atoms with Gasteiger partial charge in [-0.2, -0.15) is 0 Å². The number of ether oxygens (including phenoxy) is 1. The Morgan fingerprint density at radius 2 is 2.33 bits per heavy atom. The molecule has 1 rings (SSSR count). The minimum Gasteiger partial charge on any atom is -0.479 e. The van der Waals surface area contributed by atoms with Crippen molar-refractivity contribution >= 4 is 17.6 Å². The lowest BCUT2D eigenvalue weighted by atomic mass is 10.2. The summed E-state index contributed by atoms with van der Waals surface area (Å²) in [4.78, 5) is 10.4. The van der Waals surface area contributed by atoms with Crippen LogP contribution in [-0.4, -0.2) is 17.2 Å². The Bertz CT molecular complexity index is 368. The number of halogens is 2. The molecule has 0 aliphatic heterocycles. The Balaban J connectivity index is 2.58. The Hall–Kier alpha value is -1.13. The largest absolute Gasteiger partial charge is 0.479 e. The zero-order valence-corrected chi connectivity index (χ0v) is 8.79. The van der Waals surface area contributed by atoms with Crippen LogP contribution >= 0.6 is 11.6 Å². The number of rotatable bonds is 4. The van der Waals surface area contributed by atoms with E-state index in [1.165, 1.54) is 25.1 Å². The molecule has 0 heterocycles. The number of benzene rings is 1. The maximum atomic E-state index is 12.8. The minimum atomic E-state index is -1.04. The van der Waals surface area contributed by atoms with E-state index < -0.39 is 17.9 Å². The average molecular weight is 233 g/mol. The van der Waals surface area contributed by atoms with Gasteiger partial charge in [0, 0.05) is 0 Å². The second-order valence-corrected chi connectivity index (χ2v) is 3.45. The second-order valence-electron chi connectivity index (χ2n) is 3.04. The number of carbonyl (C=O) groups is 1. The van der Waals surface area contributed by atoms with Crippen LogP contribution in [0.5, 0.6) is 0 Å². The predicted octanol–water partition coefficient (Wildman–Crippen LogP) is 2.47. The van der Waals surface area contributed by atoms with Gasteiger partial charge in [0.2, 0.25) is 0 Å². The number of aliphatic carboxylic acids is 1. The monoisotopic (exact) mass is 232 g/mol. The van der Waals surface area contributed by atoms with Crippen LogP contribution in [0.15, 0.2) is 18.2 Å². The van der Waals surface area contributed by atoms with E-state index >= 15 is 0 Å². The minimum absolute atomic E-state index is 0.000854. The Kier molecular flexibility index (Phi) is 4.05. The molecule has 0 aliphatic carbocycles. The van der Waals surface area contributed by atoms with Crippen LogP contribution in [0.4, 0.5) is 4.39 Å². The normalized spacial score (nSPS) is 12.5. The second kappa shape index (κ2) is 5.09. The summed E-state index contributed by atoms with van der Waals surface area (Å²) in [6.07, 6.45) is -0.895. The van der Waals surface area contributed by atoms with Gasteiger partial charge in [0.1, 0.15) is 5.82 Å². The van der Waals surface area contributed by atoms with Crippen molar-refractivity contribution in [1.82, 2.24) is 0 Å². The summed E-state index contributed by atoms with van der Waals surface area (Å²) in [6, 6.07) is 4.12. The molecule has 1 aromatic rings. The molecular weight excluding hydrogens is 223 g/mol. The lowest BCUT2D eigenvalue weighted by Gasteiger charge is -2.08. The van der Waals surface area contributed by atoms with Crippen molar-refractivity contribution in [2.24, 2.45) is 0 Å². The molecule has 0 aliphatic rings. The van der Waals surface area contributed by atoms with E-state index in [1.54, 1.807) is 0 Å².